The van der Waals surface area contributed by atoms with Crippen molar-refractivity contribution in [2.24, 2.45) is 0 Å². The number of hydrogen-bond acceptors (Lipinski definition) is 4. The molecule has 0 radical (unpaired) electrons. The minimum atomic E-state index is -1.05. The highest BCUT2D eigenvalue weighted by molar-refractivity contribution is 8.00. The highest BCUT2D eigenvalue weighted by Crippen LogP contribution is 2.35. The molecule has 1 aromatic rings. The zero-order valence-electron chi connectivity index (χ0n) is 7.79. The predicted molar refractivity (Wildman–Crippen MR) is 56.4 cm³/mol. The van der Waals surface area contributed by atoms with Gasteiger partial charge in [0.1, 0.15) is 17.7 Å². The molecular formula is C9H9N2O3S+. The van der Waals surface area contributed by atoms with E-state index in [4.69, 9.17) is 0 Å². The number of carboxylic acid groups (broad SMARTS) is 1. The van der Waals surface area contributed by atoms with Crippen LogP contribution in [0.1, 0.15) is 0 Å². The van der Waals surface area contributed by atoms with Gasteiger partial charge in [0.15, 0.2) is 6.54 Å². The first-order chi connectivity index (χ1) is 7.15. The Morgan fingerprint density at radius 3 is 2.80 bits per heavy atom. The van der Waals surface area contributed by atoms with Crippen molar-refractivity contribution in [1.29, 1.82) is 0 Å². The lowest BCUT2D eigenvalue weighted by Gasteiger charge is -2.21. The lowest BCUT2D eigenvalue weighted by Crippen LogP contribution is -2.46. The Balaban J connectivity index is 2.45. The summed E-state index contributed by atoms with van der Waals surface area (Å²) in [6.45, 7) is -0.0307. The van der Waals surface area contributed by atoms with Crippen LogP contribution in [0.4, 0.5) is 10.6 Å². The van der Waals surface area contributed by atoms with Gasteiger partial charge in [0.25, 0.3) is 0 Å². The predicted octanol–water partition coefficient (Wildman–Crippen LogP) is 1.30. The molecule has 1 atom stereocenters. The lowest BCUT2D eigenvalue weighted by molar-refractivity contribution is -0.115. The molecule has 1 aliphatic rings. The second-order valence-electron chi connectivity index (χ2n) is 3.18. The third-order valence-electron chi connectivity index (χ3n) is 2.17. The molecule has 1 N–H and O–H groups in total. The standard InChI is InChI=1S/C9H8N2O3S/c12-7-5-11(9(13)14,15-6-7)8-3-1-2-4-10-8/h1-4H,5-6H2/p+1. The quantitative estimate of drug-likeness (QED) is 0.576. The molecule has 0 bridgehead atoms. The Hall–Kier alpha value is -1.40. The molecule has 1 fully saturated rings. The van der Waals surface area contributed by atoms with Crippen molar-refractivity contribution in [3.8, 4) is 0 Å². The molecule has 0 aromatic carbocycles. The fourth-order valence-electron chi connectivity index (χ4n) is 1.46. The first kappa shape index (κ1) is 10.1. The van der Waals surface area contributed by atoms with Gasteiger partial charge < -0.3 is 5.11 Å². The SMILES string of the molecule is O=C1CS[N+](C(=O)O)(c2ccccn2)C1. The average molecular weight is 225 g/mol. The lowest BCUT2D eigenvalue weighted by atomic mass is 10.4. The largest absolute Gasteiger partial charge is 0.532 e. The number of nitrogens with zero attached hydrogens (tertiary/aromatic N) is 2. The van der Waals surface area contributed by atoms with Crippen molar-refractivity contribution < 1.29 is 14.7 Å². The molecule has 5 nitrogen and oxygen atoms in total. The number of quaternary nitrogens is 1. The van der Waals surface area contributed by atoms with Crippen LogP contribution in [0, 0.1) is 0 Å². The molecule has 2 rings (SSSR count). The highest BCUT2D eigenvalue weighted by atomic mass is 32.2. The monoisotopic (exact) mass is 225 g/mol. The first-order valence-electron chi connectivity index (χ1n) is 4.34. The Kier molecular flexibility index (Phi) is 2.45. The first-order valence-corrected chi connectivity index (χ1v) is 5.29. The van der Waals surface area contributed by atoms with Crippen LogP contribution in [-0.4, -0.2) is 34.3 Å². The van der Waals surface area contributed by atoms with Crippen LogP contribution in [0.15, 0.2) is 24.4 Å². The Bertz CT molecular complexity index is 409. The maximum atomic E-state index is 11.2. The molecule has 0 aliphatic carbocycles. The summed E-state index contributed by atoms with van der Waals surface area (Å²) in [4.78, 5) is 26.4. The van der Waals surface area contributed by atoms with Crippen LogP contribution < -0.4 is 3.89 Å². The molecule has 15 heavy (non-hydrogen) atoms. The molecular weight excluding hydrogens is 216 g/mol. The number of hydrogen-bond donors (Lipinski definition) is 1. The smallest absolute Gasteiger partial charge is 0.434 e. The topological polar surface area (TPSA) is 67.3 Å². The van der Waals surface area contributed by atoms with Gasteiger partial charge in [-0.3, -0.25) is 4.79 Å². The fraction of sp³-hybridized carbons (Fsp3) is 0.222. The number of carbonyl (C=O) groups excluding carboxylic acids is 1. The molecule has 0 spiro atoms. The number of amides is 1. The van der Waals surface area contributed by atoms with E-state index in [1.54, 1.807) is 18.2 Å². The maximum Gasteiger partial charge on any atom is 0.532 e. The van der Waals surface area contributed by atoms with E-state index in [9.17, 15) is 14.7 Å². The molecule has 6 heteroatoms. The number of rotatable bonds is 1. The number of Topliss-reactive ketones (excluding diaryl/α,β-unsaturated/α-hetero) is 1. The van der Waals surface area contributed by atoms with E-state index in [0.29, 0.717) is 5.82 Å². The normalized spacial score (nSPS) is 25.5. The summed E-state index contributed by atoms with van der Waals surface area (Å²) in [7, 11) is 0. The summed E-state index contributed by atoms with van der Waals surface area (Å²) in [5.41, 5.74) is 0. The molecule has 1 aromatic heterocycles. The summed E-state index contributed by atoms with van der Waals surface area (Å²) in [5, 5.41) is 9.19. The molecule has 78 valence electrons. The molecule has 1 aliphatic heterocycles. The number of aromatic nitrogens is 1. The van der Waals surface area contributed by atoms with Gasteiger partial charge in [0.05, 0.1) is 0 Å². The van der Waals surface area contributed by atoms with Crippen LogP contribution in [0.5, 0.6) is 0 Å². The van der Waals surface area contributed by atoms with Crippen LogP contribution in [0.2, 0.25) is 0 Å². The highest BCUT2D eigenvalue weighted by Gasteiger charge is 2.50. The Morgan fingerprint density at radius 2 is 2.33 bits per heavy atom. The van der Waals surface area contributed by atoms with E-state index in [2.05, 4.69) is 4.98 Å². The van der Waals surface area contributed by atoms with Crippen LogP contribution >= 0.6 is 11.9 Å². The van der Waals surface area contributed by atoms with Crippen molar-refractivity contribution in [2.45, 2.75) is 0 Å². The third-order valence-corrected chi connectivity index (χ3v) is 3.54. The van der Waals surface area contributed by atoms with E-state index in [1.165, 1.54) is 6.20 Å². The Labute approximate surface area is 90.5 Å². The molecule has 2 heterocycles. The van der Waals surface area contributed by atoms with E-state index in [0.717, 1.165) is 11.9 Å². The van der Waals surface area contributed by atoms with Crippen LogP contribution in [-0.2, 0) is 4.79 Å². The van der Waals surface area contributed by atoms with Crippen molar-refractivity contribution in [1.82, 2.24) is 8.87 Å². The number of ketones is 1. The Morgan fingerprint density at radius 1 is 1.53 bits per heavy atom. The average Bonchev–Trinajstić information content (AvgIpc) is 2.63. The minimum Gasteiger partial charge on any atom is -0.434 e. The van der Waals surface area contributed by atoms with Gasteiger partial charge in [0, 0.05) is 12.3 Å². The van der Waals surface area contributed by atoms with Gasteiger partial charge in [-0.05, 0) is 6.07 Å². The van der Waals surface area contributed by atoms with Crippen molar-refractivity contribution in [3.05, 3.63) is 24.4 Å². The number of pyridine rings is 1. The molecule has 0 saturated carbocycles. The van der Waals surface area contributed by atoms with E-state index >= 15 is 0 Å². The second-order valence-corrected chi connectivity index (χ2v) is 4.35. The van der Waals surface area contributed by atoms with Gasteiger partial charge in [-0.1, -0.05) is 6.07 Å². The summed E-state index contributed by atoms with van der Waals surface area (Å²) >= 11 is 1.09. The second kappa shape index (κ2) is 3.63. The zero-order valence-corrected chi connectivity index (χ0v) is 8.61. The minimum absolute atomic E-state index is 0.0307. The van der Waals surface area contributed by atoms with Gasteiger partial charge in [-0.2, -0.15) is 4.79 Å². The summed E-state index contributed by atoms with van der Waals surface area (Å²) < 4.78 is -0.445. The maximum absolute atomic E-state index is 11.2. The number of carbonyl (C=O) groups is 2. The van der Waals surface area contributed by atoms with Gasteiger partial charge >= 0.3 is 6.09 Å². The molecule has 1 saturated heterocycles. The fourth-order valence-corrected chi connectivity index (χ4v) is 2.50. The van der Waals surface area contributed by atoms with Crippen LogP contribution in [0.3, 0.4) is 0 Å². The van der Waals surface area contributed by atoms with Crippen molar-refractivity contribution >= 4 is 29.6 Å². The summed E-state index contributed by atoms with van der Waals surface area (Å²) in [6.07, 6.45) is 0.478. The van der Waals surface area contributed by atoms with E-state index in [-0.39, 0.29) is 18.1 Å². The third kappa shape index (κ3) is 1.62. The zero-order chi connectivity index (χ0) is 10.9. The summed E-state index contributed by atoms with van der Waals surface area (Å²) in [6, 6.07) is 5.05. The van der Waals surface area contributed by atoms with Gasteiger partial charge in [-0.25, -0.2) is 4.98 Å². The van der Waals surface area contributed by atoms with Crippen molar-refractivity contribution in [2.75, 3.05) is 12.3 Å². The van der Waals surface area contributed by atoms with Crippen molar-refractivity contribution in [3.63, 3.8) is 0 Å². The van der Waals surface area contributed by atoms with Crippen LogP contribution in [0.25, 0.3) is 0 Å². The van der Waals surface area contributed by atoms with E-state index < -0.39 is 9.98 Å². The summed E-state index contributed by atoms with van der Waals surface area (Å²) in [5.74, 6) is 0.553. The van der Waals surface area contributed by atoms with E-state index in [1.807, 2.05) is 0 Å². The molecule has 1 amide bonds. The van der Waals surface area contributed by atoms with Gasteiger partial charge in [0.2, 0.25) is 11.6 Å². The molecule has 1 unspecified atom stereocenters. The van der Waals surface area contributed by atoms with Gasteiger partial charge in [-0.15, -0.1) is 3.89 Å².